The third kappa shape index (κ3) is 8.58. The molecule has 0 heterocycles. The van der Waals surface area contributed by atoms with E-state index in [4.69, 9.17) is 0 Å². The van der Waals surface area contributed by atoms with E-state index in [1.54, 1.807) is 5.57 Å². The monoisotopic (exact) mass is 518 g/mol. The van der Waals surface area contributed by atoms with E-state index in [1.807, 2.05) is 0 Å². The van der Waals surface area contributed by atoms with Gasteiger partial charge < -0.3 is 5.11 Å². The Bertz CT molecular complexity index is 847. The van der Waals surface area contributed by atoms with Crippen molar-refractivity contribution in [2.24, 2.45) is 35.5 Å². The summed E-state index contributed by atoms with van der Waals surface area (Å²) in [6, 6.07) is 9.53. The van der Waals surface area contributed by atoms with Crippen LogP contribution in [0.3, 0.4) is 0 Å². The molecule has 2 saturated carbocycles. The van der Waals surface area contributed by atoms with Gasteiger partial charge in [-0.25, -0.2) is 0 Å². The summed E-state index contributed by atoms with van der Waals surface area (Å²) in [6.07, 6.45) is 26.8. The van der Waals surface area contributed by atoms with Crippen LogP contribution >= 0.6 is 0 Å². The topological polar surface area (TPSA) is 20.2 Å². The van der Waals surface area contributed by atoms with Crippen molar-refractivity contribution in [1.82, 2.24) is 0 Å². The van der Waals surface area contributed by atoms with Crippen LogP contribution in [0.25, 0.3) is 5.57 Å². The molecular formula is C37H58O. The van der Waals surface area contributed by atoms with E-state index in [1.165, 1.54) is 126 Å². The predicted molar refractivity (Wildman–Crippen MR) is 165 cm³/mol. The van der Waals surface area contributed by atoms with Crippen molar-refractivity contribution in [2.45, 2.75) is 129 Å². The van der Waals surface area contributed by atoms with Gasteiger partial charge in [-0.1, -0.05) is 55.7 Å². The molecule has 38 heavy (non-hydrogen) atoms. The number of rotatable bonds is 13. The summed E-state index contributed by atoms with van der Waals surface area (Å²) in [6.45, 7) is 8.85. The summed E-state index contributed by atoms with van der Waals surface area (Å²) in [7, 11) is 0. The molecule has 1 aromatic rings. The van der Waals surface area contributed by atoms with E-state index in [0.717, 1.165) is 36.0 Å². The van der Waals surface area contributed by atoms with Crippen LogP contribution in [0.5, 0.6) is 0 Å². The molecule has 1 nitrogen and oxygen atoms in total. The molecular weight excluding hydrogens is 460 g/mol. The van der Waals surface area contributed by atoms with Gasteiger partial charge in [0, 0.05) is 6.61 Å². The first-order valence-electron chi connectivity index (χ1n) is 16.6. The second-order valence-corrected chi connectivity index (χ2v) is 13.6. The number of aliphatic hydroxyl groups is 1. The maximum atomic E-state index is 10.0. The molecule has 2 atom stereocenters. The van der Waals surface area contributed by atoms with E-state index >= 15 is 0 Å². The maximum Gasteiger partial charge on any atom is 0.0461 e. The Kier molecular flexibility index (Phi) is 12.0. The Morgan fingerprint density at radius 1 is 0.842 bits per heavy atom. The fourth-order valence-electron chi connectivity index (χ4n) is 8.33. The Morgan fingerprint density at radius 2 is 1.47 bits per heavy atom. The normalized spacial score (nSPS) is 29.0. The molecule has 0 aliphatic heterocycles. The fraction of sp³-hybridized carbons (Fsp3) is 0.730. The zero-order chi connectivity index (χ0) is 26.7. The van der Waals surface area contributed by atoms with E-state index in [2.05, 4.69) is 50.8 Å². The summed E-state index contributed by atoms with van der Waals surface area (Å²) in [4.78, 5) is 0. The van der Waals surface area contributed by atoms with Gasteiger partial charge in [-0.3, -0.25) is 0 Å². The van der Waals surface area contributed by atoms with Crippen LogP contribution in [0.15, 0.2) is 42.5 Å². The average molecular weight is 519 g/mol. The standard InChI is InChI=1S/C37H58O/c1-4-5-6-9-29-11-13-30(14-12-29)31-15-17-32(18-16-31)33-19-21-34(22-20-33)35-23-25-36(26-24-35)37(27-38)10-7-8-28(2)3/h11-15,32-38H,2,4-10,16-27H2,1,3H3. The average Bonchev–Trinajstić information content (AvgIpc) is 2.96. The molecule has 212 valence electrons. The van der Waals surface area contributed by atoms with Crippen molar-refractivity contribution in [3.63, 3.8) is 0 Å². The van der Waals surface area contributed by atoms with Gasteiger partial charge in [-0.15, -0.1) is 6.58 Å². The summed E-state index contributed by atoms with van der Waals surface area (Å²) in [5, 5.41) is 10.0. The van der Waals surface area contributed by atoms with Crippen LogP contribution in [0, 0.1) is 35.5 Å². The van der Waals surface area contributed by atoms with Crippen molar-refractivity contribution in [2.75, 3.05) is 6.61 Å². The number of allylic oxidation sites excluding steroid dienone is 3. The van der Waals surface area contributed by atoms with Gasteiger partial charge in [0.15, 0.2) is 0 Å². The first-order valence-corrected chi connectivity index (χ1v) is 16.6. The lowest BCUT2D eigenvalue weighted by Crippen LogP contribution is -2.30. The quantitative estimate of drug-likeness (QED) is 0.203. The lowest BCUT2D eigenvalue weighted by molar-refractivity contribution is 0.0862. The van der Waals surface area contributed by atoms with Crippen molar-refractivity contribution in [1.29, 1.82) is 0 Å². The number of aliphatic hydroxyl groups excluding tert-OH is 1. The van der Waals surface area contributed by atoms with Crippen LogP contribution in [0.1, 0.15) is 134 Å². The van der Waals surface area contributed by atoms with Crippen LogP contribution in [-0.4, -0.2) is 11.7 Å². The first-order chi connectivity index (χ1) is 18.6. The number of hydrogen-bond donors (Lipinski definition) is 1. The summed E-state index contributed by atoms with van der Waals surface area (Å²) in [5.74, 6) is 5.12. The van der Waals surface area contributed by atoms with Gasteiger partial charge >= 0.3 is 0 Å². The van der Waals surface area contributed by atoms with E-state index in [9.17, 15) is 5.11 Å². The Hall–Kier alpha value is -1.34. The second-order valence-electron chi connectivity index (χ2n) is 13.6. The van der Waals surface area contributed by atoms with Crippen molar-refractivity contribution in [3.05, 3.63) is 53.6 Å². The molecule has 3 aliphatic carbocycles. The first kappa shape index (κ1) is 29.6. The predicted octanol–water partition coefficient (Wildman–Crippen LogP) is 10.6. The van der Waals surface area contributed by atoms with Crippen molar-refractivity contribution in [3.8, 4) is 0 Å². The van der Waals surface area contributed by atoms with Gasteiger partial charge in [0.25, 0.3) is 0 Å². The summed E-state index contributed by atoms with van der Waals surface area (Å²) >= 11 is 0. The minimum absolute atomic E-state index is 0.387. The highest BCUT2D eigenvalue weighted by molar-refractivity contribution is 5.66. The molecule has 1 heteroatoms. The highest BCUT2D eigenvalue weighted by Crippen LogP contribution is 2.46. The summed E-state index contributed by atoms with van der Waals surface area (Å²) < 4.78 is 0. The molecule has 3 aliphatic rings. The largest absolute Gasteiger partial charge is 0.396 e. The zero-order valence-electron chi connectivity index (χ0n) is 24.9. The minimum Gasteiger partial charge on any atom is -0.396 e. The van der Waals surface area contributed by atoms with Crippen LogP contribution < -0.4 is 0 Å². The van der Waals surface area contributed by atoms with Crippen molar-refractivity contribution < 1.29 is 5.11 Å². The molecule has 4 rings (SSSR count). The minimum atomic E-state index is 0.387. The Labute approximate surface area is 235 Å². The smallest absolute Gasteiger partial charge is 0.0461 e. The van der Waals surface area contributed by atoms with Gasteiger partial charge in [0.05, 0.1) is 0 Å². The lowest BCUT2D eigenvalue weighted by atomic mass is 9.64. The molecule has 0 bridgehead atoms. The molecule has 0 amide bonds. The highest BCUT2D eigenvalue weighted by Gasteiger charge is 2.35. The fourth-order valence-corrected chi connectivity index (χ4v) is 8.33. The molecule has 0 spiro atoms. The van der Waals surface area contributed by atoms with Crippen LogP contribution in [-0.2, 0) is 6.42 Å². The van der Waals surface area contributed by atoms with Crippen molar-refractivity contribution >= 4 is 5.57 Å². The maximum absolute atomic E-state index is 10.0. The molecule has 2 fully saturated rings. The molecule has 1 aromatic carbocycles. The van der Waals surface area contributed by atoms with E-state index in [-0.39, 0.29) is 0 Å². The van der Waals surface area contributed by atoms with Crippen LogP contribution in [0.4, 0.5) is 0 Å². The lowest BCUT2D eigenvalue weighted by Gasteiger charge is -2.41. The number of unbranched alkanes of at least 4 members (excludes halogenated alkanes) is 2. The molecule has 0 aromatic heterocycles. The number of hydrogen-bond acceptors (Lipinski definition) is 1. The number of benzene rings is 1. The molecule has 0 saturated heterocycles. The molecule has 2 unspecified atom stereocenters. The zero-order valence-corrected chi connectivity index (χ0v) is 24.9. The highest BCUT2D eigenvalue weighted by atomic mass is 16.3. The Morgan fingerprint density at radius 3 is 2.03 bits per heavy atom. The van der Waals surface area contributed by atoms with E-state index in [0.29, 0.717) is 12.5 Å². The second kappa shape index (κ2) is 15.4. The van der Waals surface area contributed by atoms with Gasteiger partial charge in [0.1, 0.15) is 0 Å². The molecule has 1 N–H and O–H groups in total. The third-order valence-corrected chi connectivity index (χ3v) is 10.9. The van der Waals surface area contributed by atoms with E-state index < -0.39 is 0 Å². The SMILES string of the molecule is C=C(C)CCCC(CO)C1CCC(C2CCC(C3CC=C(c4ccc(CCCCC)cc4)CC3)CC2)CC1. The van der Waals surface area contributed by atoms with Crippen LogP contribution in [0.2, 0.25) is 0 Å². The van der Waals surface area contributed by atoms with Gasteiger partial charge in [-0.2, -0.15) is 0 Å². The summed E-state index contributed by atoms with van der Waals surface area (Å²) in [5.41, 5.74) is 5.87. The van der Waals surface area contributed by atoms with Gasteiger partial charge in [0.2, 0.25) is 0 Å². The number of aryl methyl sites for hydroxylation is 1. The Balaban J connectivity index is 1.17. The van der Waals surface area contributed by atoms with Gasteiger partial charge in [-0.05, 0) is 162 Å². The third-order valence-electron chi connectivity index (χ3n) is 10.9. The molecule has 0 radical (unpaired) electrons.